The van der Waals surface area contributed by atoms with Crippen molar-refractivity contribution in [3.8, 4) is 0 Å². The Morgan fingerprint density at radius 1 is 0.911 bits per heavy atom. The van der Waals surface area contributed by atoms with Crippen LogP contribution in [-0.2, 0) is 46.4 Å². The van der Waals surface area contributed by atoms with E-state index in [4.69, 9.17) is 5.73 Å². The molecule has 2 heterocycles. The molecule has 1 aromatic heterocycles. The maximum atomic E-state index is 14.0. The third-order valence-electron chi connectivity index (χ3n) is 9.97. The second kappa shape index (κ2) is 22.3. The van der Waals surface area contributed by atoms with Gasteiger partial charge in [-0.1, -0.05) is 64.4 Å². The van der Waals surface area contributed by atoms with Crippen molar-refractivity contribution in [1.82, 2.24) is 41.5 Å². The minimum atomic E-state index is -1.42. The van der Waals surface area contributed by atoms with E-state index in [1.54, 1.807) is 6.92 Å². The number of benzene rings is 1. The Labute approximate surface area is 328 Å². The van der Waals surface area contributed by atoms with Gasteiger partial charge in [0.05, 0.1) is 12.4 Å². The van der Waals surface area contributed by atoms with E-state index in [-0.39, 0.29) is 43.4 Å². The first kappa shape index (κ1) is 45.1. The molecule has 1 aromatic carbocycles. The van der Waals surface area contributed by atoms with Gasteiger partial charge in [0.2, 0.25) is 35.4 Å². The number of hydrogen-bond donors (Lipinski definition) is 8. The lowest BCUT2D eigenvalue weighted by molar-refractivity contribution is -0.143. The van der Waals surface area contributed by atoms with Crippen molar-refractivity contribution >= 4 is 41.4 Å². The first-order valence-electron chi connectivity index (χ1n) is 19.4. The van der Waals surface area contributed by atoms with E-state index in [9.17, 15) is 38.7 Å². The summed E-state index contributed by atoms with van der Waals surface area (Å²) in [5.74, 6) is -5.26. The first-order chi connectivity index (χ1) is 26.6. The number of aromatic nitrogens is 2. The van der Waals surface area contributed by atoms with E-state index in [1.807, 2.05) is 51.1 Å². The van der Waals surface area contributed by atoms with Crippen molar-refractivity contribution in [2.75, 3.05) is 13.6 Å². The number of carboxylic acids is 1. The van der Waals surface area contributed by atoms with Gasteiger partial charge in [-0.05, 0) is 55.9 Å². The normalized spacial score (nSPS) is 17.5. The van der Waals surface area contributed by atoms with E-state index >= 15 is 0 Å². The number of aromatic amines is 1. The number of likely N-dealkylation sites (N-methyl/N-ethyl adjacent to an activating group) is 1. The molecule has 3 rings (SSSR count). The van der Waals surface area contributed by atoms with Crippen LogP contribution in [0.5, 0.6) is 0 Å². The lowest BCUT2D eigenvalue weighted by Gasteiger charge is -2.33. The standard InChI is InChI=1S/C39H59N9O8/c1-6-24(4)33(39(56)48(5)31-14-10-11-17-42-38(31)55)47-35(52)28(15-16-32(49)50)44-37(54)30(20-26-21-41-22-43-26)46-36(53)29(18-23(2)3)45-34(51)27(40)19-25-12-8-7-9-13-25/h7-9,12-13,21-24,27-31,33H,6,10-11,14-20,40H2,1-5H3,(H,41,43)(H,42,55)(H,44,54)(H,45,51)(H,46,53)(H,47,52)(H,49,50)/t24-,27+,28+,29-,30-,31-,33+/m0/s1. The summed E-state index contributed by atoms with van der Waals surface area (Å²) in [5, 5.41) is 23.1. The smallest absolute Gasteiger partial charge is 0.303 e. The summed E-state index contributed by atoms with van der Waals surface area (Å²) in [6, 6.07) is 2.62. The Morgan fingerprint density at radius 2 is 1.55 bits per heavy atom. The zero-order chi connectivity index (χ0) is 41.4. The van der Waals surface area contributed by atoms with Gasteiger partial charge in [-0.3, -0.25) is 33.6 Å². The molecule has 308 valence electrons. The Kier molecular flexibility index (Phi) is 17.9. The number of nitrogens with zero attached hydrogens (tertiary/aromatic N) is 2. The van der Waals surface area contributed by atoms with Crippen molar-refractivity contribution < 1.29 is 38.7 Å². The minimum absolute atomic E-state index is 0.0440. The van der Waals surface area contributed by atoms with Crippen molar-refractivity contribution in [2.24, 2.45) is 17.6 Å². The predicted octanol–water partition coefficient (Wildman–Crippen LogP) is 0.546. The predicted molar refractivity (Wildman–Crippen MR) is 207 cm³/mol. The van der Waals surface area contributed by atoms with Crippen LogP contribution in [0.3, 0.4) is 0 Å². The topological polar surface area (TPSA) is 258 Å². The largest absolute Gasteiger partial charge is 0.481 e. The molecule has 2 aromatic rings. The van der Waals surface area contributed by atoms with E-state index in [2.05, 4.69) is 36.6 Å². The van der Waals surface area contributed by atoms with Gasteiger partial charge in [0.25, 0.3) is 0 Å². The fourth-order valence-corrected chi connectivity index (χ4v) is 6.45. The van der Waals surface area contributed by atoms with Gasteiger partial charge < -0.3 is 47.3 Å². The summed E-state index contributed by atoms with van der Waals surface area (Å²) in [7, 11) is 1.51. The zero-order valence-corrected chi connectivity index (χ0v) is 33.0. The van der Waals surface area contributed by atoms with Gasteiger partial charge in [0.15, 0.2) is 0 Å². The van der Waals surface area contributed by atoms with E-state index in [1.165, 1.54) is 24.5 Å². The van der Waals surface area contributed by atoms with Crippen molar-refractivity contribution in [1.29, 1.82) is 0 Å². The van der Waals surface area contributed by atoms with Gasteiger partial charge in [-0.2, -0.15) is 0 Å². The van der Waals surface area contributed by atoms with Crippen LogP contribution in [0.4, 0.5) is 0 Å². The van der Waals surface area contributed by atoms with Gasteiger partial charge in [0.1, 0.15) is 30.2 Å². The Bertz CT molecular complexity index is 1620. The lowest BCUT2D eigenvalue weighted by atomic mass is 9.96. The summed E-state index contributed by atoms with van der Waals surface area (Å²) in [5.41, 5.74) is 7.52. The number of hydrogen-bond acceptors (Lipinski definition) is 9. The van der Waals surface area contributed by atoms with Crippen molar-refractivity contribution in [2.45, 2.75) is 122 Å². The summed E-state index contributed by atoms with van der Waals surface area (Å²) in [4.78, 5) is 101. The second-order valence-electron chi connectivity index (χ2n) is 14.9. The SMILES string of the molecule is CC[C@H](C)[C@@H](NC(=O)[C@@H](CCC(=O)O)NC(=O)[C@H](Cc1cnc[nH]1)NC(=O)[C@H](CC(C)C)NC(=O)[C@H](N)Cc1ccccc1)C(=O)N(C)[C@H]1CCCCNC1=O. The highest BCUT2D eigenvalue weighted by molar-refractivity contribution is 5.97. The summed E-state index contributed by atoms with van der Waals surface area (Å²) in [6.07, 6.45) is 4.85. The van der Waals surface area contributed by atoms with Crippen molar-refractivity contribution in [3.63, 3.8) is 0 Å². The fourth-order valence-electron chi connectivity index (χ4n) is 6.45. The molecule has 1 aliphatic heterocycles. The molecule has 7 atom stereocenters. The zero-order valence-electron chi connectivity index (χ0n) is 33.0. The maximum Gasteiger partial charge on any atom is 0.303 e. The lowest BCUT2D eigenvalue weighted by Crippen LogP contribution is -2.61. The number of nitrogens with two attached hydrogens (primary N) is 1. The molecule has 9 N–H and O–H groups in total. The van der Waals surface area contributed by atoms with Gasteiger partial charge >= 0.3 is 5.97 Å². The number of H-pyrrole nitrogens is 1. The molecule has 0 spiro atoms. The molecule has 0 radical (unpaired) electrons. The molecule has 1 aliphatic rings. The highest BCUT2D eigenvalue weighted by Gasteiger charge is 2.37. The van der Waals surface area contributed by atoms with Crippen LogP contribution < -0.4 is 32.3 Å². The minimum Gasteiger partial charge on any atom is -0.481 e. The van der Waals surface area contributed by atoms with Crippen LogP contribution in [0.2, 0.25) is 0 Å². The molecule has 0 unspecified atom stereocenters. The number of aliphatic carboxylic acids is 1. The third kappa shape index (κ3) is 14.1. The first-order valence-corrected chi connectivity index (χ1v) is 19.4. The van der Waals surface area contributed by atoms with Crippen LogP contribution in [0.25, 0.3) is 0 Å². The number of nitrogens with one attached hydrogen (secondary N) is 6. The molecule has 1 saturated heterocycles. The number of imidazole rings is 1. The van der Waals surface area contributed by atoms with Crippen LogP contribution in [-0.4, -0.2) is 111 Å². The maximum absolute atomic E-state index is 14.0. The molecule has 0 saturated carbocycles. The number of carbonyl (C=O) groups excluding carboxylic acids is 6. The van der Waals surface area contributed by atoms with Gasteiger partial charge in [-0.25, -0.2) is 4.98 Å². The van der Waals surface area contributed by atoms with E-state index in [0.29, 0.717) is 25.1 Å². The van der Waals surface area contributed by atoms with Crippen LogP contribution in [0.15, 0.2) is 42.9 Å². The number of amides is 6. The Balaban J connectivity index is 1.83. The average Bonchev–Trinajstić information content (AvgIpc) is 3.59. The molecular weight excluding hydrogens is 722 g/mol. The third-order valence-corrected chi connectivity index (χ3v) is 9.97. The number of carbonyl (C=O) groups is 7. The van der Waals surface area contributed by atoms with Gasteiger partial charge in [0, 0.05) is 38.3 Å². The van der Waals surface area contributed by atoms with E-state index in [0.717, 1.165) is 18.4 Å². The fraction of sp³-hybridized carbons (Fsp3) is 0.590. The second-order valence-corrected chi connectivity index (χ2v) is 14.9. The summed E-state index contributed by atoms with van der Waals surface area (Å²) >= 11 is 0. The molecule has 56 heavy (non-hydrogen) atoms. The molecule has 6 amide bonds. The number of rotatable bonds is 21. The average molecular weight is 782 g/mol. The molecule has 17 nitrogen and oxygen atoms in total. The summed E-state index contributed by atoms with van der Waals surface area (Å²) < 4.78 is 0. The number of carboxylic acid groups (broad SMARTS) is 1. The Morgan fingerprint density at radius 3 is 2.18 bits per heavy atom. The highest BCUT2D eigenvalue weighted by Crippen LogP contribution is 2.17. The molecule has 17 heteroatoms. The molecular formula is C39H59N9O8. The monoisotopic (exact) mass is 781 g/mol. The summed E-state index contributed by atoms with van der Waals surface area (Å²) in [6.45, 7) is 7.86. The quantitative estimate of drug-likeness (QED) is 0.0873. The van der Waals surface area contributed by atoms with Crippen molar-refractivity contribution in [3.05, 3.63) is 54.1 Å². The molecule has 0 bridgehead atoms. The van der Waals surface area contributed by atoms with Crippen LogP contribution >= 0.6 is 0 Å². The van der Waals surface area contributed by atoms with Gasteiger partial charge in [-0.15, -0.1) is 0 Å². The Hall–Kier alpha value is -5.32. The molecule has 1 fully saturated rings. The van der Waals surface area contributed by atoms with E-state index < -0.39 is 78.2 Å². The van der Waals surface area contributed by atoms with Crippen LogP contribution in [0, 0.1) is 11.8 Å². The van der Waals surface area contributed by atoms with Crippen LogP contribution in [0.1, 0.15) is 83.9 Å². The highest BCUT2D eigenvalue weighted by atomic mass is 16.4. The molecule has 0 aliphatic carbocycles.